The van der Waals surface area contributed by atoms with Crippen molar-refractivity contribution >= 4 is 0 Å². The molecular weight excluding hydrogens is 210 g/mol. The maximum atomic E-state index is 13.6. The molecule has 0 atom stereocenters. The molecule has 1 aromatic carbocycles. The first-order chi connectivity index (χ1) is 7.52. The quantitative estimate of drug-likeness (QED) is 0.775. The van der Waals surface area contributed by atoms with Crippen molar-refractivity contribution in [2.24, 2.45) is 0 Å². The van der Waals surface area contributed by atoms with Gasteiger partial charge in [0.05, 0.1) is 0 Å². The second-order valence-corrected chi connectivity index (χ2v) is 4.14. The van der Waals surface area contributed by atoms with Crippen molar-refractivity contribution in [2.75, 3.05) is 27.2 Å². The van der Waals surface area contributed by atoms with Crippen LogP contribution in [0.15, 0.2) is 12.1 Å². The molecule has 0 aliphatic carbocycles. The van der Waals surface area contributed by atoms with Crippen LogP contribution in [0.25, 0.3) is 0 Å². The van der Waals surface area contributed by atoms with Gasteiger partial charge in [-0.25, -0.2) is 8.78 Å². The molecule has 1 rings (SSSR count). The number of rotatable bonds is 5. The van der Waals surface area contributed by atoms with Gasteiger partial charge >= 0.3 is 0 Å². The van der Waals surface area contributed by atoms with Crippen LogP contribution in [-0.4, -0.2) is 32.1 Å². The van der Waals surface area contributed by atoms with Crippen LogP contribution in [0.3, 0.4) is 0 Å². The zero-order valence-corrected chi connectivity index (χ0v) is 9.98. The molecule has 4 heteroatoms. The zero-order chi connectivity index (χ0) is 12.1. The second-order valence-electron chi connectivity index (χ2n) is 4.14. The topological polar surface area (TPSA) is 15.3 Å². The minimum absolute atomic E-state index is 0.124. The van der Waals surface area contributed by atoms with Crippen LogP contribution in [0.2, 0.25) is 0 Å². The predicted molar refractivity (Wildman–Crippen MR) is 61.4 cm³/mol. The van der Waals surface area contributed by atoms with Gasteiger partial charge in [0.1, 0.15) is 11.6 Å². The molecule has 0 unspecified atom stereocenters. The van der Waals surface area contributed by atoms with Crippen LogP contribution in [0.1, 0.15) is 11.1 Å². The van der Waals surface area contributed by atoms with Gasteiger partial charge < -0.3 is 10.2 Å². The first-order valence-electron chi connectivity index (χ1n) is 5.31. The molecule has 90 valence electrons. The van der Waals surface area contributed by atoms with Crippen molar-refractivity contribution in [3.8, 4) is 0 Å². The average Bonchev–Trinajstić information content (AvgIpc) is 2.22. The Hall–Kier alpha value is -1.00. The first kappa shape index (κ1) is 13.1. The molecule has 0 aliphatic rings. The van der Waals surface area contributed by atoms with E-state index in [1.54, 1.807) is 6.92 Å². The minimum atomic E-state index is -0.486. The van der Waals surface area contributed by atoms with E-state index in [1.807, 2.05) is 19.0 Å². The smallest absolute Gasteiger partial charge is 0.133 e. The highest BCUT2D eigenvalue weighted by Gasteiger charge is 2.10. The van der Waals surface area contributed by atoms with Gasteiger partial charge in [-0.2, -0.15) is 0 Å². The third kappa shape index (κ3) is 3.54. The summed E-state index contributed by atoms with van der Waals surface area (Å²) in [7, 11) is 3.91. The number of likely N-dealkylation sites (N-methyl/N-ethyl adjacent to an activating group) is 1. The number of nitrogens with zero attached hydrogens (tertiary/aromatic N) is 1. The van der Waals surface area contributed by atoms with E-state index in [1.165, 1.54) is 12.1 Å². The van der Waals surface area contributed by atoms with Gasteiger partial charge in [-0.1, -0.05) is 6.07 Å². The van der Waals surface area contributed by atoms with E-state index in [0.29, 0.717) is 12.1 Å². The third-order valence-electron chi connectivity index (χ3n) is 2.42. The molecule has 0 aromatic heterocycles. The fourth-order valence-corrected chi connectivity index (χ4v) is 1.39. The van der Waals surface area contributed by atoms with Gasteiger partial charge in [-0.05, 0) is 32.6 Å². The fraction of sp³-hybridized carbons (Fsp3) is 0.500. The summed E-state index contributed by atoms with van der Waals surface area (Å²) in [5, 5.41) is 3.02. The molecule has 1 N–H and O–H groups in total. The molecular formula is C12H18F2N2. The third-order valence-corrected chi connectivity index (χ3v) is 2.42. The van der Waals surface area contributed by atoms with Gasteiger partial charge in [-0.15, -0.1) is 0 Å². The van der Waals surface area contributed by atoms with Crippen molar-refractivity contribution in [1.82, 2.24) is 10.2 Å². The Morgan fingerprint density at radius 1 is 1.25 bits per heavy atom. The molecule has 0 spiro atoms. The summed E-state index contributed by atoms with van der Waals surface area (Å²) < 4.78 is 26.9. The number of halogens is 2. The number of hydrogen-bond acceptors (Lipinski definition) is 2. The van der Waals surface area contributed by atoms with Crippen LogP contribution in [-0.2, 0) is 6.54 Å². The Labute approximate surface area is 95.3 Å². The van der Waals surface area contributed by atoms with Crippen LogP contribution in [0.5, 0.6) is 0 Å². The summed E-state index contributed by atoms with van der Waals surface area (Å²) in [6.07, 6.45) is 0. The van der Waals surface area contributed by atoms with Crippen LogP contribution in [0.4, 0.5) is 8.78 Å². The van der Waals surface area contributed by atoms with E-state index in [-0.39, 0.29) is 12.1 Å². The Kier molecular flexibility index (Phi) is 4.83. The Balaban J connectivity index is 2.56. The fourth-order valence-electron chi connectivity index (χ4n) is 1.39. The lowest BCUT2D eigenvalue weighted by Crippen LogP contribution is -2.26. The highest BCUT2D eigenvalue weighted by atomic mass is 19.1. The maximum absolute atomic E-state index is 13.6. The van der Waals surface area contributed by atoms with E-state index >= 15 is 0 Å². The predicted octanol–water partition coefficient (Wildman–Crippen LogP) is 1.92. The van der Waals surface area contributed by atoms with Crippen LogP contribution in [0, 0.1) is 18.6 Å². The van der Waals surface area contributed by atoms with E-state index in [9.17, 15) is 8.78 Å². The summed E-state index contributed by atoms with van der Waals surface area (Å²) in [5.41, 5.74) is 0.601. The Morgan fingerprint density at radius 2 is 1.94 bits per heavy atom. The molecule has 0 bridgehead atoms. The zero-order valence-electron chi connectivity index (χ0n) is 9.98. The van der Waals surface area contributed by atoms with Gasteiger partial charge in [0.2, 0.25) is 0 Å². The molecule has 16 heavy (non-hydrogen) atoms. The molecule has 0 saturated heterocycles. The van der Waals surface area contributed by atoms with Crippen molar-refractivity contribution < 1.29 is 8.78 Å². The van der Waals surface area contributed by atoms with Crippen LogP contribution < -0.4 is 5.32 Å². The molecule has 0 heterocycles. The summed E-state index contributed by atoms with van der Waals surface area (Å²) >= 11 is 0. The highest BCUT2D eigenvalue weighted by Crippen LogP contribution is 2.15. The molecule has 0 saturated carbocycles. The van der Waals surface area contributed by atoms with Gasteiger partial charge in [0.15, 0.2) is 0 Å². The summed E-state index contributed by atoms with van der Waals surface area (Å²) in [5.74, 6) is -0.933. The van der Waals surface area contributed by atoms with E-state index in [0.717, 1.165) is 6.54 Å². The largest absolute Gasteiger partial charge is 0.311 e. The lowest BCUT2D eigenvalue weighted by molar-refractivity contribution is 0.397. The Morgan fingerprint density at radius 3 is 2.56 bits per heavy atom. The van der Waals surface area contributed by atoms with Crippen molar-refractivity contribution in [3.05, 3.63) is 34.9 Å². The average molecular weight is 228 g/mol. The first-order valence-corrected chi connectivity index (χ1v) is 5.31. The summed E-state index contributed by atoms with van der Waals surface area (Å²) in [4.78, 5) is 2.01. The molecule has 0 radical (unpaired) electrons. The van der Waals surface area contributed by atoms with E-state index in [2.05, 4.69) is 5.32 Å². The normalized spacial score (nSPS) is 11.1. The van der Waals surface area contributed by atoms with E-state index < -0.39 is 11.6 Å². The minimum Gasteiger partial charge on any atom is -0.311 e. The summed E-state index contributed by atoms with van der Waals surface area (Å²) in [6.45, 7) is 3.42. The number of aryl methyl sites for hydroxylation is 1. The van der Waals surface area contributed by atoms with E-state index in [4.69, 9.17) is 0 Å². The molecule has 0 aliphatic heterocycles. The monoisotopic (exact) mass is 228 g/mol. The second kappa shape index (κ2) is 5.92. The lowest BCUT2D eigenvalue weighted by Gasteiger charge is -2.11. The molecule has 2 nitrogen and oxygen atoms in total. The number of nitrogens with one attached hydrogen (secondary N) is 1. The lowest BCUT2D eigenvalue weighted by atomic mass is 10.1. The van der Waals surface area contributed by atoms with Gasteiger partial charge in [0.25, 0.3) is 0 Å². The summed E-state index contributed by atoms with van der Waals surface area (Å²) in [6, 6.07) is 2.76. The van der Waals surface area contributed by atoms with Crippen molar-refractivity contribution in [3.63, 3.8) is 0 Å². The molecule has 0 amide bonds. The highest BCUT2D eigenvalue weighted by molar-refractivity contribution is 5.26. The van der Waals surface area contributed by atoms with Gasteiger partial charge in [0, 0.05) is 25.2 Å². The van der Waals surface area contributed by atoms with Crippen molar-refractivity contribution in [2.45, 2.75) is 13.5 Å². The molecule has 1 aromatic rings. The van der Waals surface area contributed by atoms with Crippen LogP contribution >= 0.6 is 0 Å². The Bertz CT molecular complexity index is 351. The standard InChI is InChI=1S/C12H18F2N2/c1-9-4-5-11(13)10(12(9)14)8-15-6-7-16(2)3/h4-5,15H,6-8H2,1-3H3. The number of benzene rings is 1. The SMILES string of the molecule is Cc1ccc(F)c(CNCCN(C)C)c1F. The number of hydrogen-bond donors (Lipinski definition) is 1. The van der Waals surface area contributed by atoms with Gasteiger partial charge in [-0.3, -0.25) is 0 Å². The van der Waals surface area contributed by atoms with Crippen molar-refractivity contribution in [1.29, 1.82) is 0 Å². The molecule has 0 fully saturated rings. The maximum Gasteiger partial charge on any atom is 0.133 e.